The topological polar surface area (TPSA) is 58.6 Å². The molecule has 0 bridgehead atoms. The van der Waals surface area contributed by atoms with Gasteiger partial charge < -0.3 is 15.0 Å². The van der Waals surface area contributed by atoms with Gasteiger partial charge in [0.15, 0.2) is 0 Å². The van der Waals surface area contributed by atoms with Crippen molar-refractivity contribution in [1.29, 1.82) is 0 Å². The second-order valence-electron chi connectivity index (χ2n) is 6.28. The molecular formula is C20H21ClN2O3. The monoisotopic (exact) mass is 372 g/mol. The van der Waals surface area contributed by atoms with Gasteiger partial charge in [0.25, 0.3) is 11.8 Å². The normalized spacial score (nSPS) is 14.8. The number of nitrogens with one attached hydrogen (secondary N) is 1. The fourth-order valence-corrected chi connectivity index (χ4v) is 3.25. The van der Waals surface area contributed by atoms with Crippen LogP contribution in [0.15, 0.2) is 48.5 Å². The Morgan fingerprint density at radius 1 is 1.08 bits per heavy atom. The molecule has 1 N–H and O–H groups in total. The first-order chi connectivity index (χ1) is 12.6. The van der Waals surface area contributed by atoms with E-state index >= 15 is 0 Å². The summed E-state index contributed by atoms with van der Waals surface area (Å²) in [5.41, 5.74) is 1.16. The van der Waals surface area contributed by atoms with Gasteiger partial charge >= 0.3 is 0 Å². The van der Waals surface area contributed by atoms with Crippen LogP contribution in [0.25, 0.3) is 0 Å². The zero-order valence-corrected chi connectivity index (χ0v) is 15.3. The third-order valence-electron chi connectivity index (χ3n) is 4.52. The van der Waals surface area contributed by atoms with Crippen LogP contribution < -0.4 is 10.1 Å². The van der Waals surface area contributed by atoms with E-state index in [4.69, 9.17) is 16.3 Å². The summed E-state index contributed by atoms with van der Waals surface area (Å²) in [6, 6.07) is 14.1. The summed E-state index contributed by atoms with van der Waals surface area (Å²) in [6.45, 7) is 1.22. The number of carbonyl (C=O) groups excluding carboxylic acids is 2. The fraction of sp³-hybridized carbons (Fsp3) is 0.300. The second-order valence-corrected chi connectivity index (χ2v) is 6.72. The molecule has 136 valence electrons. The van der Waals surface area contributed by atoms with Crippen molar-refractivity contribution in [3.8, 4) is 5.75 Å². The molecule has 1 saturated heterocycles. The zero-order valence-electron chi connectivity index (χ0n) is 14.6. The maximum atomic E-state index is 12.6. The van der Waals surface area contributed by atoms with Gasteiger partial charge in [-0.05, 0) is 49.2 Å². The van der Waals surface area contributed by atoms with Crippen molar-refractivity contribution in [1.82, 2.24) is 10.2 Å². The number of halogens is 1. The van der Waals surface area contributed by atoms with E-state index in [1.165, 1.54) is 0 Å². The molecule has 0 spiro atoms. The summed E-state index contributed by atoms with van der Waals surface area (Å²) < 4.78 is 5.18. The highest BCUT2D eigenvalue weighted by molar-refractivity contribution is 6.30. The maximum absolute atomic E-state index is 12.6. The average molecular weight is 373 g/mol. The van der Waals surface area contributed by atoms with Gasteiger partial charge in [0.2, 0.25) is 0 Å². The number of amides is 2. The first kappa shape index (κ1) is 18.3. The molecule has 5 nitrogen and oxygen atoms in total. The van der Waals surface area contributed by atoms with Crippen LogP contribution in [0.3, 0.4) is 0 Å². The van der Waals surface area contributed by atoms with E-state index in [2.05, 4.69) is 5.32 Å². The molecule has 0 unspecified atom stereocenters. The summed E-state index contributed by atoms with van der Waals surface area (Å²) in [4.78, 5) is 26.7. The maximum Gasteiger partial charge on any atom is 0.253 e. The van der Waals surface area contributed by atoms with Gasteiger partial charge in [-0.25, -0.2) is 0 Å². The van der Waals surface area contributed by atoms with Crippen molar-refractivity contribution in [2.75, 3.05) is 20.2 Å². The molecule has 0 atom stereocenters. The van der Waals surface area contributed by atoms with Crippen molar-refractivity contribution in [2.24, 2.45) is 0 Å². The average Bonchev–Trinajstić information content (AvgIpc) is 2.68. The van der Waals surface area contributed by atoms with Gasteiger partial charge in [-0.15, -0.1) is 0 Å². The Labute approximate surface area is 157 Å². The van der Waals surface area contributed by atoms with Crippen LogP contribution in [0, 0.1) is 0 Å². The minimum absolute atomic E-state index is 0.0106. The molecule has 26 heavy (non-hydrogen) atoms. The zero-order chi connectivity index (χ0) is 18.5. The molecular weight excluding hydrogens is 352 g/mol. The number of rotatable bonds is 4. The Balaban J connectivity index is 1.55. The van der Waals surface area contributed by atoms with Gasteiger partial charge in [0, 0.05) is 35.3 Å². The predicted molar refractivity (Wildman–Crippen MR) is 101 cm³/mol. The van der Waals surface area contributed by atoms with E-state index in [9.17, 15) is 9.59 Å². The molecule has 1 aliphatic heterocycles. The lowest BCUT2D eigenvalue weighted by Gasteiger charge is -2.32. The SMILES string of the molecule is COc1cccc(C(=O)N2CCC(NC(=O)c3cccc(Cl)c3)CC2)c1. The molecule has 3 rings (SSSR count). The van der Waals surface area contributed by atoms with E-state index in [0.29, 0.717) is 35.0 Å². The first-order valence-corrected chi connectivity index (χ1v) is 8.94. The molecule has 1 heterocycles. The summed E-state index contributed by atoms with van der Waals surface area (Å²) in [7, 11) is 1.58. The molecule has 6 heteroatoms. The van der Waals surface area contributed by atoms with Crippen molar-refractivity contribution >= 4 is 23.4 Å². The van der Waals surface area contributed by atoms with Gasteiger partial charge in [-0.3, -0.25) is 9.59 Å². The molecule has 2 aromatic rings. The lowest BCUT2D eigenvalue weighted by atomic mass is 10.0. The highest BCUT2D eigenvalue weighted by atomic mass is 35.5. The Morgan fingerprint density at radius 2 is 1.77 bits per heavy atom. The molecule has 0 aliphatic carbocycles. The van der Waals surface area contributed by atoms with Crippen LogP contribution in [-0.2, 0) is 0 Å². The number of ether oxygens (including phenoxy) is 1. The highest BCUT2D eigenvalue weighted by Gasteiger charge is 2.25. The number of piperidine rings is 1. The van der Waals surface area contributed by atoms with Gasteiger partial charge in [0.1, 0.15) is 5.75 Å². The number of likely N-dealkylation sites (tertiary alicyclic amines) is 1. The lowest BCUT2D eigenvalue weighted by Crippen LogP contribution is -2.46. The van der Waals surface area contributed by atoms with Crippen LogP contribution in [0.2, 0.25) is 5.02 Å². The quantitative estimate of drug-likeness (QED) is 0.895. The van der Waals surface area contributed by atoms with Crippen molar-refractivity contribution in [3.05, 3.63) is 64.7 Å². The molecule has 0 saturated carbocycles. The molecule has 0 radical (unpaired) electrons. The summed E-state index contributed by atoms with van der Waals surface area (Å²) in [5.74, 6) is 0.521. The Bertz CT molecular complexity index is 801. The van der Waals surface area contributed by atoms with Crippen LogP contribution in [0.1, 0.15) is 33.6 Å². The molecule has 0 aromatic heterocycles. The number of benzene rings is 2. The standard InChI is InChI=1S/C20H21ClN2O3/c1-26-18-7-3-5-15(13-18)20(25)23-10-8-17(9-11-23)22-19(24)14-4-2-6-16(21)12-14/h2-7,12-13,17H,8-11H2,1H3,(H,22,24). The molecule has 1 aliphatic rings. The van der Waals surface area contributed by atoms with Crippen molar-refractivity contribution in [3.63, 3.8) is 0 Å². The highest BCUT2D eigenvalue weighted by Crippen LogP contribution is 2.18. The largest absolute Gasteiger partial charge is 0.497 e. The van der Waals surface area contributed by atoms with Crippen LogP contribution >= 0.6 is 11.6 Å². The minimum atomic E-state index is -0.134. The number of carbonyl (C=O) groups is 2. The first-order valence-electron chi connectivity index (χ1n) is 8.56. The number of methoxy groups -OCH3 is 1. The van der Waals surface area contributed by atoms with Crippen molar-refractivity contribution < 1.29 is 14.3 Å². The van der Waals surface area contributed by atoms with Crippen LogP contribution in [-0.4, -0.2) is 43.0 Å². The van der Waals surface area contributed by atoms with Crippen LogP contribution in [0.4, 0.5) is 0 Å². The van der Waals surface area contributed by atoms with Gasteiger partial charge in [-0.1, -0.05) is 23.7 Å². The van der Waals surface area contributed by atoms with Gasteiger partial charge in [-0.2, -0.15) is 0 Å². The summed E-state index contributed by atoms with van der Waals surface area (Å²) in [5, 5.41) is 3.56. The smallest absolute Gasteiger partial charge is 0.253 e. The third-order valence-corrected chi connectivity index (χ3v) is 4.76. The second kappa shape index (κ2) is 8.23. The Morgan fingerprint density at radius 3 is 2.46 bits per heavy atom. The number of nitrogens with zero attached hydrogens (tertiary/aromatic N) is 1. The lowest BCUT2D eigenvalue weighted by molar-refractivity contribution is 0.0697. The van der Waals surface area contributed by atoms with E-state index in [0.717, 1.165) is 12.8 Å². The van der Waals surface area contributed by atoms with E-state index in [-0.39, 0.29) is 17.9 Å². The molecule has 2 amide bonds. The summed E-state index contributed by atoms with van der Waals surface area (Å²) in [6.07, 6.45) is 1.45. The van der Waals surface area contributed by atoms with Crippen molar-refractivity contribution in [2.45, 2.75) is 18.9 Å². The minimum Gasteiger partial charge on any atom is -0.497 e. The third kappa shape index (κ3) is 4.35. The summed E-state index contributed by atoms with van der Waals surface area (Å²) >= 11 is 5.93. The number of hydrogen-bond donors (Lipinski definition) is 1. The Hall–Kier alpha value is -2.53. The van der Waals surface area contributed by atoms with Crippen LogP contribution in [0.5, 0.6) is 5.75 Å². The Kier molecular flexibility index (Phi) is 5.78. The predicted octanol–water partition coefficient (Wildman–Crippen LogP) is 3.38. The fourth-order valence-electron chi connectivity index (χ4n) is 3.06. The van der Waals surface area contributed by atoms with E-state index in [1.807, 2.05) is 17.0 Å². The van der Waals surface area contributed by atoms with E-state index in [1.54, 1.807) is 43.5 Å². The van der Waals surface area contributed by atoms with Gasteiger partial charge in [0.05, 0.1) is 7.11 Å². The molecule has 1 fully saturated rings. The molecule has 2 aromatic carbocycles. The number of hydrogen-bond acceptors (Lipinski definition) is 3. The van der Waals surface area contributed by atoms with E-state index < -0.39 is 0 Å².